The highest BCUT2D eigenvalue weighted by Crippen LogP contribution is 2.77. The molecule has 1 aromatic rings. The van der Waals surface area contributed by atoms with Gasteiger partial charge in [-0.1, -0.05) is 65.0 Å². The van der Waals surface area contributed by atoms with Crippen LogP contribution in [0.5, 0.6) is 0 Å². The van der Waals surface area contributed by atoms with Crippen molar-refractivity contribution in [1.29, 1.82) is 0 Å². The van der Waals surface area contributed by atoms with Crippen LogP contribution in [0, 0.1) is 51.2 Å². The van der Waals surface area contributed by atoms with Crippen LogP contribution in [0.3, 0.4) is 0 Å². The fraction of sp³-hybridized carbons (Fsp3) is 0.771. The molecule has 5 nitrogen and oxygen atoms in total. The summed E-state index contributed by atoms with van der Waals surface area (Å²) in [5.74, 6) is 2.64. The normalized spacial score (nSPS) is 41.0. The Morgan fingerprint density at radius 2 is 1.42 bits per heavy atom. The van der Waals surface area contributed by atoms with Gasteiger partial charge in [0.2, 0.25) is 0 Å². The van der Waals surface area contributed by atoms with Crippen LogP contribution in [0.2, 0.25) is 0 Å². The van der Waals surface area contributed by atoms with E-state index in [1.54, 1.807) is 12.1 Å². The molecule has 9 atom stereocenters. The standard InChI is InChI=1S/C48H73N3O2/c1-34(2)37-18-23-48(51(32-30-49-26-8-9-27-49)33-31-50-28-10-11-29-50)25-24-46(6)39(42(37)48)16-17-41-45(5)21-19-38(35-12-14-36(15-13-35)43(52)53)44(3,4)40(45)20-22-47(41,46)7/h12-15,19,37,39-42H,1,8-11,16-18,20-33H2,2-7H3,(H,52,53). The third-order valence-electron chi connectivity index (χ3n) is 18.4. The van der Waals surface area contributed by atoms with Gasteiger partial charge in [-0.25, -0.2) is 4.79 Å². The third kappa shape index (κ3) is 5.98. The van der Waals surface area contributed by atoms with Gasteiger partial charge in [-0.2, -0.15) is 0 Å². The van der Waals surface area contributed by atoms with Crippen molar-refractivity contribution in [3.63, 3.8) is 0 Å². The van der Waals surface area contributed by atoms with Crippen molar-refractivity contribution in [3.05, 3.63) is 53.6 Å². The molecule has 0 aromatic heterocycles. The van der Waals surface area contributed by atoms with Gasteiger partial charge in [0.25, 0.3) is 0 Å². The Morgan fingerprint density at radius 3 is 2.00 bits per heavy atom. The lowest BCUT2D eigenvalue weighted by Crippen LogP contribution is -2.68. The first kappa shape index (κ1) is 37.9. The predicted molar refractivity (Wildman–Crippen MR) is 219 cm³/mol. The summed E-state index contributed by atoms with van der Waals surface area (Å²) in [6, 6.07) is 7.72. The highest BCUT2D eigenvalue weighted by atomic mass is 16.4. The van der Waals surface area contributed by atoms with Crippen LogP contribution in [0.1, 0.15) is 141 Å². The van der Waals surface area contributed by atoms with Crippen LogP contribution in [0.15, 0.2) is 42.5 Å². The Kier molecular flexibility index (Phi) is 9.96. The zero-order valence-corrected chi connectivity index (χ0v) is 34.5. The summed E-state index contributed by atoms with van der Waals surface area (Å²) in [5.41, 5.74) is 5.78. The van der Waals surface area contributed by atoms with Crippen LogP contribution in [-0.2, 0) is 0 Å². The van der Waals surface area contributed by atoms with Crippen molar-refractivity contribution < 1.29 is 9.90 Å². The molecule has 1 N–H and O–H groups in total. The maximum absolute atomic E-state index is 11.6. The number of hydrogen-bond acceptors (Lipinski definition) is 4. The Balaban J connectivity index is 1.10. The van der Waals surface area contributed by atoms with E-state index in [1.165, 1.54) is 146 Å². The van der Waals surface area contributed by atoms with Crippen molar-refractivity contribution in [2.75, 3.05) is 52.4 Å². The van der Waals surface area contributed by atoms with E-state index in [0.29, 0.717) is 33.8 Å². The summed E-state index contributed by atoms with van der Waals surface area (Å²) in [7, 11) is 0. The molecule has 53 heavy (non-hydrogen) atoms. The first-order valence-electron chi connectivity index (χ1n) is 22.1. The van der Waals surface area contributed by atoms with Crippen molar-refractivity contribution in [3.8, 4) is 0 Å². The molecule has 5 aliphatic carbocycles. The van der Waals surface area contributed by atoms with E-state index in [4.69, 9.17) is 6.58 Å². The van der Waals surface area contributed by atoms with Gasteiger partial charge in [0.05, 0.1) is 5.56 Å². The van der Waals surface area contributed by atoms with Gasteiger partial charge < -0.3 is 14.9 Å². The van der Waals surface area contributed by atoms with Crippen molar-refractivity contribution in [2.24, 2.45) is 51.2 Å². The number of carboxylic acid groups (broad SMARTS) is 1. The molecule has 4 saturated carbocycles. The Hall–Kier alpha value is -1.95. The molecular weight excluding hydrogens is 651 g/mol. The molecule has 0 bridgehead atoms. The Morgan fingerprint density at radius 1 is 0.792 bits per heavy atom. The van der Waals surface area contributed by atoms with Gasteiger partial charge in [-0.3, -0.25) is 4.90 Å². The number of benzene rings is 1. The topological polar surface area (TPSA) is 47.0 Å². The second-order valence-electron chi connectivity index (χ2n) is 20.8. The van der Waals surface area contributed by atoms with Crippen molar-refractivity contribution >= 4 is 11.5 Å². The van der Waals surface area contributed by atoms with Gasteiger partial charge in [0, 0.05) is 31.7 Å². The van der Waals surface area contributed by atoms with Crippen LogP contribution < -0.4 is 0 Å². The molecule has 8 rings (SSSR count). The number of nitrogens with zero attached hydrogens (tertiary/aromatic N) is 3. The maximum Gasteiger partial charge on any atom is 0.335 e. The zero-order chi connectivity index (χ0) is 37.4. The molecule has 0 amide bonds. The molecule has 6 fully saturated rings. The van der Waals surface area contributed by atoms with E-state index in [2.05, 4.69) is 74.5 Å². The molecule has 5 heteroatoms. The molecular formula is C48H73N3O2. The highest BCUT2D eigenvalue weighted by Gasteiger charge is 2.71. The minimum absolute atomic E-state index is 0.0419. The average Bonchev–Trinajstić information content (AvgIpc) is 3.91. The fourth-order valence-electron chi connectivity index (χ4n) is 15.6. The van der Waals surface area contributed by atoms with Crippen molar-refractivity contribution in [1.82, 2.24) is 14.7 Å². The van der Waals surface area contributed by atoms with E-state index in [1.807, 2.05) is 0 Å². The maximum atomic E-state index is 11.6. The predicted octanol–water partition coefficient (Wildman–Crippen LogP) is 10.3. The molecule has 2 saturated heterocycles. The number of carbonyl (C=O) groups is 1. The van der Waals surface area contributed by atoms with Crippen LogP contribution >= 0.6 is 0 Å². The molecule has 2 heterocycles. The number of hydrogen-bond donors (Lipinski definition) is 1. The van der Waals surface area contributed by atoms with Crippen LogP contribution in [0.25, 0.3) is 5.57 Å². The number of fused-ring (bicyclic) bond motifs is 7. The summed E-state index contributed by atoms with van der Waals surface area (Å²) < 4.78 is 0. The second kappa shape index (κ2) is 13.9. The van der Waals surface area contributed by atoms with Gasteiger partial charge in [0.1, 0.15) is 0 Å². The van der Waals surface area contributed by atoms with E-state index in [9.17, 15) is 9.90 Å². The molecule has 7 aliphatic rings. The van der Waals surface area contributed by atoms with Gasteiger partial charge in [-0.15, -0.1) is 0 Å². The lowest BCUT2D eigenvalue weighted by Gasteiger charge is -2.73. The Bertz CT molecular complexity index is 1550. The largest absolute Gasteiger partial charge is 0.478 e. The summed E-state index contributed by atoms with van der Waals surface area (Å²) in [5, 5.41) is 9.55. The Labute approximate surface area is 323 Å². The van der Waals surface area contributed by atoms with Crippen molar-refractivity contribution in [2.45, 2.75) is 131 Å². The molecule has 1 aromatic carbocycles. The van der Waals surface area contributed by atoms with Gasteiger partial charge in [0.15, 0.2) is 0 Å². The van der Waals surface area contributed by atoms with E-state index < -0.39 is 5.97 Å². The first-order valence-corrected chi connectivity index (χ1v) is 22.1. The number of allylic oxidation sites excluding steroid dienone is 3. The summed E-state index contributed by atoms with van der Waals surface area (Å²) in [4.78, 5) is 20.3. The quantitative estimate of drug-likeness (QED) is 0.244. The summed E-state index contributed by atoms with van der Waals surface area (Å²) in [6.45, 7) is 30.7. The first-order chi connectivity index (χ1) is 25.2. The fourth-order valence-corrected chi connectivity index (χ4v) is 15.6. The molecule has 0 spiro atoms. The molecule has 292 valence electrons. The monoisotopic (exact) mass is 724 g/mol. The zero-order valence-electron chi connectivity index (χ0n) is 34.5. The number of rotatable bonds is 10. The van der Waals surface area contributed by atoms with Crippen LogP contribution in [0.4, 0.5) is 0 Å². The van der Waals surface area contributed by atoms with Crippen LogP contribution in [-0.4, -0.2) is 83.7 Å². The third-order valence-corrected chi connectivity index (χ3v) is 18.4. The van der Waals surface area contributed by atoms with E-state index in [-0.39, 0.29) is 10.8 Å². The summed E-state index contributed by atoms with van der Waals surface area (Å²) >= 11 is 0. The lowest BCUT2D eigenvalue weighted by atomic mass is 9.33. The summed E-state index contributed by atoms with van der Waals surface area (Å²) in [6.07, 6.45) is 20.1. The van der Waals surface area contributed by atoms with Gasteiger partial charge in [-0.05, 0) is 191 Å². The highest BCUT2D eigenvalue weighted by molar-refractivity contribution is 5.88. The number of carboxylic acids is 1. The molecule has 0 radical (unpaired) electrons. The smallest absolute Gasteiger partial charge is 0.335 e. The van der Waals surface area contributed by atoms with E-state index >= 15 is 0 Å². The minimum Gasteiger partial charge on any atom is -0.478 e. The molecule has 9 unspecified atom stereocenters. The average molecular weight is 724 g/mol. The minimum atomic E-state index is -0.847. The lowest BCUT2D eigenvalue weighted by molar-refractivity contribution is -0.228. The molecule has 2 aliphatic heterocycles. The second-order valence-corrected chi connectivity index (χ2v) is 20.8. The number of likely N-dealkylation sites (tertiary alicyclic amines) is 2. The van der Waals surface area contributed by atoms with E-state index in [0.717, 1.165) is 24.2 Å². The SMILES string of the molecule is C=C(C)C1CCC2(N(CCN3CCCC3)CCN3CCCC3)CCC3(C)C(CCC4C5(C)CC=C(c6ccc(C(=O)O)cc6)C(C)(C)C5CCC43C)C12. The van der Waals surface area contributed by atoms with Gasteiger partial charge >= 0.3 is 5.97 Å². The number of aromatic carboxylic acids is 1.